The van der Waals surface area contributed by atoms with Gasteiger partial charge in [-0.2, -0.15) is 5.26 Å². The first kappa shape index (κ1) is 33.0. The van der Waals surface area contributed by atoms with Crippen molar-refractivity contribution in [2.45, 2.75) is 46.4 Å². The Morgan fingerprint density at radius 3 is 2.53 bits per heavy atom. The first-order chi connectivity index (χ1) is 22.7. The highest BCUT2D eigenvalue weighted by molar-refractivity contribution is 7.07. The van der Waals surface area contributed by atoms with Gasteiger partial charge in [0.15, 0.2) is 27.8 Å². The number of esters is 1. The Hall–Kier alpha value is -5.34. The molecule has 0 bridgehead atoms. The maximum atomic E-state index is 14.3. The number of ether oxygens (including phenoxy) is 5. The normalized spacial score (nSPS) is 14.3. The predicted octanol–water partition coefficient (Wildman–Crippen LogP) is 5.05. The maximum Gasteiger partial charge on any atom is 0.338 e. The third kappa shape index (κ3) is 6.78. The number of benzene rings is 3. The molecule has 0 spiro atoms. The van der Waals surface area contributed by atoms with Gasteiger partial charge in [0.1, 0.15) is 6.61 Å². The molecule has 5 rings (SSSR count). The van der Waals surface area contributed by atoms with Crippen LogP contribution in [-0.4, -0.2) is 37.5 Å². The van der Waals surface area contributed by atoms with E-state index in [1.807, 2.05) is 38.1 Å². The molecule has 11 heteroatoms. The quantitative estimate of drug-likeness (QED) is 0.206. The van der Waals surface area contributed by atoms with E-state index >= 15 is 0 Å². The predicted molar refractivity (Wildman–Crippen MR) is 178 cm³/mol. The van der Waals surface area contributed by atoms with Gasteiger partial charge in [0.05, 0.1) is 60.4 Å². The summed E-state index contributed by atoms with van der Waals surface area (Å²) in [5.41, 5.74) is 2.80. The smallest absolute Gasteiger partial charge is 0.338 e. The molecule has 0 amide bonds. The molecule has 0 radical (unpaired) electrons. The Bertz CT molecular complexity index is 2070. The largest absolute Gasteiger partial charge is 0.493 e. The molecule has 0 unspecified atom stereocenters. The van der Waals surface area contributed by atoms with E-state index in [0.29, 0.717) is 60.3 Å². The number of allylic oxidation sites excluding steroid dienone is 1. The standard InChI is InChI=1S/C36H35N3O7S/c1-7-44-35(41)31-22(4)38-36-39(32(31)23-15-16-27(46-21(2)3)29(17-23)43-6)34(40)30(47-36)18-24-13-10-14-28(42-5)33(24)45-20-26-12-9-8-11-25(26)19-37/h8-18,21,32H,7,20H2,1-6H3/b30-18+/t32-/m1/s1. The number of nitriles is 1. The van der Waals surface area contributed by atoms with Crippen molar-refractivity contribution >= 4 is 23.4 Å². The Morgan fingerprint density at radius 2 is 1.83 bits per heavy atom. The van der Waals surface area contributed by atoms with Crippen LogP contribution in [0, 0.1) is 11.3 Å². The summed E-state index contributed by atoms with van der Waals surface area (Å²) in [6.45, 7) is 7.57. The molecule has 47 heavy (non-hydrogen) atoms. The Labute approximate surface area is 276 Å². The van der Waals surface area contributed by atoms with E-state index < -0.39 is 12.0 Å². The lowest BCUT2D eigenvalue weighted by Crippen LogP contribution is -2.40. The molecule has 1 aromatic heterocycles. The van der Waals surface area contributed by atoms with Crippen molar-refractivity contribution in [3.63, 3.8) is 0 Å². The van der Waals surface area contributed by atoms with Crippen molar-refractivity contribution in [3.8, 4) is 29.1 Å². The molecule has 1 aliphatic rings. The molecule has 0 fully saturated rings. The average molecular weight is 654 g/mol. The monoisotopic (exact) mass is 653 g/mol. The van der Waals surface area contributed by atoms with Gasteiger partial charge in [-0.1, -0.05) is 47.7 Å². The first-order valence-corrected chi connectivity index (χ1v) is 15.8. The highest BCUT2D eigenvalue weighted by atomic mass is 32.1. The molecule has 242 valence electrons. The number of fused-ring (bicyclic) bond motifs is 1. The summed E-state index contributed by atoms with van der Waals surface area (Å²) in [4.78, 5) is 32.7. The molecule has 3 aromatic carbocycles. The molecule has 10 nitrogen and oxygen atoms in total. The molecule has 1 aliphatic heterocycles. The number of aromatic nitrogens is 1. The number of hydrogen-bond donors (Lipinski definition) is 0. The summed E-state index contributed by atoms with van der Waals surface area (Å²) in [6.07, 6.45) is 1.63. The highest BCUT2D eigenvalue weighted by Crippen LogP contribution is 2.37. The molecule has 0 aliphatic carbocycles. The van der Waals surface area contributed by atoms with Crippen LogP contribution in [0.3, 0.4) is 0 Å². The van der Waals surface area contributed by atoms with Crippen molar-refractivity contribution in [3.05, 3.63) is 114 Å². The number of nitrogens with zero attached hydrogens (tertiary/aromatic N) is 3. The summed E-state index contributed by atoms with van der Waals surface area (Å²) >= 11 is 1.20. The van der Waals surface area contributed by atoms with E-state index in [1.54, 1.807) is 56.3 Å². The van der Waals surface area contributed by atoms with Crippen molar-refractivity contribution < 1.29 is 28.5 Å². The minimum Gasteiger partial charge on any atom is -0.493 e. The zero-order valence-corrected chi connectivity index (χ0v) is 27.8. The van der Waals surface area contributed by atoms with Crippen LogP contribution >= 0.6 is 11.3 Å². The summed E-state index contributed by atoms with van der Waals surface area (Å²) < 4.78 is 30.7. The van der Waals surface area contributed by atoms with E-state index in [9.17, 15) is 14.9 Å². The third-order valence-corrected chi connectivity index (χ3v) is 8.39. The lowest BCUT2D eigenvalue weighted by Gasteiger charge is -2.25. The minimum atomic E-state index is -0.835. The van der Waals surface area contributed by atoms with Gasteiger partial charge in [-0.3, -0.25) is 9.36 Å². The SMILES string of the molecule is CCOC(=O)C1=C(C)N=c2s/c(=C/c3cccc(OC)c3OCc3ccccc3C#N)c(=O)n2[C@@H]1c1ccc(OC(C)C)c(OC)c1. The second kappa shape index (κ2) is 14.4. The maximum absolute atomic E-state index is 14.3. The number of para-hydroxylation sites is 1. The van der Waals surface area contributed by atoms with Crippen molar-refractivity contribution in [2.75, 3.05) is 20.8 Å². The minimum absolute atomic E-state index is 0.0868. The van der Waals surface area contributed by atoms with Crippen LogP contribution in [0.25, 0.3) is 6.08 Å². The zero-order chi connectivity index (χ0) is 33.7. The number of hydrogen-bond acceptors (Lipinski definition) is 10. The van der Waals surface area contributed by atoms with Gasteiger partial charge >= 0.3 is 5.97 Å². The molecule has 0 saturated carbocycles. The fourth-order valence-corrected chi connectivity index (χ4v) is 6.36. The molecule has 2 heterocycles. The van der Waals surface area contributed by atoms with Gasteiger partial charge in [-0.25, -0.2) is 9.79 Å². The number of carbonyl (C=O) groups is 1. The summed E-state index contributed by atoms with van der Waals surface area (Å²) in [6, 6.07) is 19.3. The number of carbonyl (C=O) groups excluding carboxylic acids is 1. The second-order valence-corrected chi connectivity index (χ2v) is 11.8. The highest BCUT2D eigenvalue weighted by Gasteiger charge is 2.34. The fourth-order valence-electron chi connectivity index (χ4n) is 5.32. The van der Waals surface area contributed by atoms with E-state index in [-0.39, 0.29) is 30.5 Å². The van der Waals surface area contributed by atoms with Crippen LogP contribution < -0.4 is 33.8 Å². The lowest BCUT2D eigenvalue weighted by atomic mass is 9.95. The van der Waals surface area contributed by atoms with Crippen LogP contribution in [0.4, 0.5) is 0 Å². The van der Waals surface area contributed by atoms with E-state index in [2.05, 4.69) is 11.1 Å². The molecule has 4 aromatic rings. The van der Waals surface area contributed by atoms with Gasteiger partial charge in [-0.05, 0) is 63.6 Å². The van der Waals surface area contributed by atoms with Crippen molar-refractivity contribution in [1.82, 2.24) is 4.57 Å². The number of thiazole rings is 1. The van der Waals surface area contributed by atoms with Gasteiger partial charge in [0.2, 0.25) is 0 Å². The molecule has 0 saturated heterocycles. The van der Waals surface area contributed by atoms with Crippen LogP contribution in [-0.2, 0) is 16.1 Å². The van der Waals surface area contributed by atoms with Crippen LogP contribution in [0.15, 0.2) is 81.7 Å². The Kier molecular flexibility index (Phi) is 10.1. The molecule has 1 atom stereocenters. The topological polar surface area (TPSA) is 121 Å². The average Bonchev–Trinajstić information content (AvgIpc) is 3.37. The summed E-state index contributed by atoms with van der Waals surface area (Å²) in [5.74, 6) is 1.33. The van der Waals surface area contributed by atoms with Crippen LogP contribution in [0.1, 0.15) is 56.0 Å². The fraction of sp³-hybridized carbons (Fsp3) is 0.278. The van der Waals surface area contributed by atoms with Crippen LogP contribution in [0.2, 0.25) is 0 Å². The molecular weight excluding hydrogens is 618 g/mol. The van der Waals surface area contributed by atoms with Crippen molar-refractivity contribution in [2.24, 2.45) is 4.99 Å². The molecular formula is C36H35N3O7S. The van der Waals surface area contributed by atoms with E-state index in [0.717, 1.165) is 0 Å². The number of rotatable bonds is 11. The van der Waals surface area contributed by atoms with E-state index in [1.165, 1.54) is 30.1 Å². The number of methoxy groups -OCH3 is 2. The summed E-state index contributed by atoms with van der Waals surface area (Å²) in [5, 5.41) is 9.53. The van der Waals surface area contributed by atoms with E-state index in [4.69, 9.17) is 23.7 Å². The zero-order valence-electron chi connectivity index (χ0n) is 27.0. The van der Waals surface area contributed by atoms with Gasteiger partial charge in [-0.15, -0.1) is 0 Å². The third-order valence-electron chi connectivity index (χ3n) is 7.41. The Morgan fingerprint density at radius 1 is 1.06 bits per heavy atom. The van der Waals surface area contributed by atoms with Crippen LogP contribution in [0.5, 0.6) is 23.0 Å². The van der Waals surface area contributed by atoms with Gasteiger partial charge < -0.3 is 23.7 Å². The lowest BCUT2D eigenvalue weighted by molar-refractivity contribution is -0.139. The molecule has 0 N–H and O–H groups in total. The second-order valence-electron chi connectivity index (χ2n) is 10.8. The van der Waals surface area contributed by atoms with Crippen molar-refractivity contribution in [1.29, 1.82) is 5.26 Å². The van der Waals surface area contributed by atoms with Gasteiger partial charge in [0.25, 0.3) is 5.56 Å². The van der Waals surface area contributed by atoms with Gasteiger partial charge in [0, 0.05) is 11.1 Å². The first-order valence-electron chi connectivity index (χ1n) is 15.0. The Balaban J connectivity index is 1.66. The summed E-state index contributed by atoms with van der Waals surface area (Å²) in [7, 11) is 3.08.